The summed E-state index contributed by atoms with van der Waals surface area (Å²) in [7, 11) is 0. The fourth-order valence-corrected chi connectivity index (χ4v) is 3.13. The number of carbonyl (C=O) groups excluding carboxylic acids is 2. The Kier molecular flexibility index (Phi) is 5.01. The Morgan fingerprint density at radius 2 is 2.00 bits per heavy atom. The van der Waals surface area contributed by atoms with E-state index < -0.39 is 6.03 Å². The molecule has 0 spiro atoms. The van der Waals surface area contributed by atoms with Crippen LogP contribution in [0.4, 0.5) is 4.79 Å². The van der Waals surface area contributed by atoms with E-state index in [2.05, 4.69) is 5.32 Å². The predicted octanol–water partition coefficient (Wildman–Crippen LogP) is 0.462. The third-order valence-electron chi connectivity index (χ3n) is 4.07. The number of nitrogens with zero attached hydrogens (tertiary/aromatic N) is 1. The number of ether oxygens (including phenoxy) is 1. The number of urea groups is 1. The van der Waals surface area contributed by atoms with Crippen LogP contribution in [0.3, 0.4) is 0 Å². The molecular weight excluding hydrogens is 246 g/mol. The minimum Gasteiger partial charge on any atom is -0.381 e. The molecule has 0 bridgehead atoms. The highest BCUT2D eigenvalue weighted by atomic mass is 16.5. The molecule has 2 saturated heterocycles. The Hall–Kier alpha value is -1.30. The van der Waals surface area contributed by atoms with Gasteiger partial charge in [0.05, 0.1) is 0 Å². The zero-order valence-corrected chi connectivity index (χ0v) is 11.3. The molecule has 0 aromatic rings. The molecule has 6 nitrogen and oxygen atoms in total. The van der Waals surface area contributed by atoms with Gasteiger partial charge in [0.15, 0.2) is 0 Å². The Bertz CT molecular complexity index is 329. The van der Waals surface area contributed by atoms with Gasteiger partial charge >= 0.3 is 6.03 Å². The lowest BCUT2D eigenvalue weighted by atomic mass is 9.90. The van der Waals surface area contributed by atoms with Crippen LogP contribution in [0.15, 0.2) is 0 Å². The van der Waals surface area contributed by atoms with E-state index in [4.69, 9.17) is 10.5 Å². The van der Waals surface area contributed by atoms with Gasteiger partial charge in [-0.1, -0.05) is 0 Å². The fourth-order valence-electron chi connectivity index (χ4n) is 3.13. The number of rotatable bonds is 4. The van der Waals surface area contributed by atoms with Crippen molar-refractivity contribution in [1.82, 2.24) is 10.2 Å². The number of amides is 3. The first-order chi connectivity index (χ1) is 9.18. The predicted molar refractivity (Wildman–Crippen MR) is 70.5 cm³/mol. The lowest BCUT2D eigenvalue weighted by molar-refractivity contribution is -0.133. The van der Waals surface area contributed by atoms with Crippen molar-refractivity contribution in [2.24, 2.45) is 11.7 Å². The van der Waals surface area contributed by atoms with Crippen LogP contribution in [0, 0.1) is 5.92 Å². The summed E-state index contributed by atoms with van der Waals surface area (Å²) in [5, 5.41) is 2.47. The SMILES string of the molecule is NC(=O)NCCC(=O)N1CCCC1C1CCOCC1. The van der Waals surface area contributed by atoms with Gasteiger partial charge in [-0.05, 0) is 31.6 Å². The van der Waals surface area contributed by atoms with Gasteiger partial charge in [0, 0.05) is 38.8 Å². The van der Waals surface area contributed by atoms with Gasteiger partial charge in [-0.15, -0.1) is 0 Å². The quantitative estimate of drug-likeness (QED) is 0.777. The van der Waals surface area contributed by atoms with Crippen molar-refractivity contribution in [3.05, 3.63) is 0 Å². The number of hydrogen-bond donors (Lipinski definition) is 2. The highest BCUT2D eigenvalue weighted by Crippen LogP contribution is 2.30. The van der Waals surface area contributed by atoms with Crippen molar-refractivity contribution in [2.75, 3.05) is 26.3 Å². The van der Waals surface area contributed by atoms with E-state index in [1.54, 1.807) is 0 Å². The van der Waals surface area contributed by atoms with Crippen LogP contribution < -0.4 is 11.1 Å². The maximum Gasteiger partial charge on any atom is 0.312 e. The van der Waals surface area contributed by atoms with Crippen molar-refractivity contribution in [1.29, 1.82) is 0 Å². The van der Waals surface area contributed by atoms with E-state index >= 15 is 0 Å². The molecule has 0 aromatic heterocycles. The van der Waals surface area contributed by atoms with Gasteiger partial charge in [-0.3, -0.25) is 4.79 Å². The molecular formula is C13H23N3O3. The highest BCUT2D eigenvalue weighted by Gasteiger charge is 2.34. The van der Waals surface area contributed by atoms with Gasteiger partial charge in [0.25, 0.3) is 0 Å². The van der Waals surface area contributed by atoms with Crippen LogP contribution in [0.5, 0.6) is 0 Å². The summed E-state index contributed by atoms with van der Waals surface area (Å²) in [6.07, 6.45) is 4.61. The maximum atomic E-state index is 12.2. The molecule has 1 atom stereocenters. The summed E-state index contributed by atoms with van der Waals surface area (Å²) in [5.74, 6) is 0.701. The number of likely N-dealkylation sites (tertiary alicyclic amines) is 1. The van der Waals surface area contributed by atoms with Crippen LogP contribution in [-0.4, -0.2) is 49.2 Å². The van der Waals surface area contributed by atoms with E-state index in [1.165, 1.54) is 0 Å². The lowest BCUT2D eigenvalue weighted by Crippen LogP contribution is -2.43. The molecule has 2 aliphatic heterocycles. The summed E-state index contributed by atoms with van der Waals surface area (Å²) >= 11 is 0. The summed E-state index contributed by atoms with van der Waals surface area (Å²) in [4.78, 5) is 24.8. The van der Waals surface area contributed by atoms with Gasteiger partial charge in [-0.25, -0.2) is 4.79 Å². The minimum absolute atomic E-state index is 0.128. The van der Waals surface area contributed by atoms with E-state index in [-0.39, 0.29) is 5.91 Å². The van der Waals surface area contributed by atoms with Gasteiger partial charge in [0.2, 0.25) is 5.91 Å². The Balaban J connectivity index is 1.83. The van der Waals surface area contributed by atoms with E-state index in [1.807, 2.05) is 4.90 Å². The van der Waals surface area contributed by atoms with Gasteiger partial charge < -0.3 is 20.7 Å². The molecule has 0 saturated carbocycles. The molecule has 19 heavy (non-hydrogen) atoms. The number of carbonyl (C=O) groups is 2. The summed E-state index contributed by atoms with van der Waals surface area (Å²) in [6, 6.07) is -0.208. The van der Waals surface area contributed by atoms with Crippen molar-refractivity contribution in [3.63, 3.8) is 0 Å². The number of primary amides is 1. The molecule has 6 heteroatoms. The van der Waals surface area contributed by atoms with Crippen LogP contribution >= 0.6 is 0 Å². The first-order valence-electron chi connectivity index (χ1n) is 7.09. The molecule has 0 aromatic carbocycles. The second-order valence-corrected chi connectivity index (χ2v) is 5.29. The standard InChI is InChI=1S/C13H23N3O3/c14-13(18)15-6-3-12(17)16-7-1-2-11(16)10-4-8-19-9-5-10/h10-11H,1-9H2,(H3,14,15,18). The van der Waals surface area contributed by atoms with E-state index in [0.29, 0.717) is 24.9 Å². The zero-order valence-electron chi connectivity index (χ0n) is 11.3. The van der Waals surface area contributed by atoms with Crippen LogP contribution in [0.1, 0.15) is 32.1 Å². The number of nitrogens with one attached hydrogen (secondary N) is 1. The second kappa shape index (κ2) is 6.75. The first-order valence-corrected chi connectivity index (χ1v) is 7.09. The Labute approximate surface area is 113 Å². The van der Waals surface area contributed by atoms with E-state index in [0.717, 1.165) is 45.4 Å². The first kappa shape index (κ1) is 14.1. The normalized spacial score (nSPS) is 24.4. The van der Waals surface area contributed by atoms with Crippen LogP contribution in [0.2, 0.25) is 0 Å². The molecule has 1 unspecified atom stereocenters. The average molecular weight is 269 g/mol. The zero-order chi connectivity index (χ0) is 13.7. The molecule has 3 amide bonds. The third-order valence-corrected chi connectivity index (χ3v) is 4.07. The molecule has 2 heterocycles. The average Bonchev–Trinajstić information content (AvgIpc) is 2.88. The molecule has 2 rings (SSSR count). The number of nitrogens with two attached hydrogens (primary N) is 1. The molecule has 0 radical (unpaired) electrons. The monoisotopic (exact) mass is 269 g/mol. The maximum absolute atomic E-state index is 12.2. The Morgan fingerprint density at radius 3 is 2.68 bits per heavy atom. The summed E-state index contributed by atoms with van der Waals surface area (Å²) < 4.78 is 5.38. The van der Waals surface area contributed by atoms with E-state index in [9.17, 15) is 9.59 Å². The van der Waals surface area contributed by atoms with Gasteiger partial charge in [0.1, 0.15) is 0 Å². The summed E-state index contributed by atoms with van der Waals surface area (Å²) in [5.41, 5.74) is 4.99. The molecule has 3 N–H and O–H groups in total. The third kappa shape index (κ3) is 3.83. The molecule has 0 aliphatic carbocycles. The molecule has 2 fully saturated rings. The highest BCUT2D eigenvalue weighted by molar-refractivity contribution is 5.78. The summed E-state index contributed by atoms with van der Waals surface area (Å²) in [6.45, 7) is 2.79. The number of hydrogen-bond acceptors (Lipinski definition) is 3. The minimum atomic E-state index is -0.574. The van der Waals surface area contributed by atoms with Crippen LogP contribution in [0.25, 0.3) is 0 Å². The van der Waals surface area contributed by atoms with Crippen molar-refractivity contribution in [3.8, 4) is 0 Å². The van der Waals surface area contributed by atoms with Crippen LogP contribution in [-0.2, 0) is 9.53 Å². The molecule has 2 aliphatic rings. The van der Waals surface area contributed by atoms with Crippen molar-refractivity contribution >= 4 is 11.9 Å². The van der Waals surface area contributed by atoms with Crippen molar-refractivity contribution < 1.29 is 14.3 Å². The van der Waals surface area contributed by atoms with Crippen molar-refractivity contribution in [2.45, 2.75) is 38.1 Å². The largest absolute Gasteiger partial charge is 0.381 e. The fraction of sp³-hybridized carbons (Fsp3) is 0.846. The Morgan fingerprint density at radius 1 is 1.26 bits per heavy atom. The molecule has 108 valence electrons. The second-order valence-electron chi connectivity index (χ2n) is 5.29. The topological polar surface area (TPSA) is 84.7 Å². The van der Waals surface area contributed by atoms with Gasteiger partial charge in [-0.2, -0.15) is 0 Å². The smallest absolute Gasteiger partial charge is 0.312 e. The lowest BCUT2D eigenvalue weighted by Gasteiger charge is -2.34.